The highest BCUT2D eigenvalue weighted by Gasteiger charge is 2.18. The van der Waals surface area contributed by atoms with E-state index >= 15 is 0 Å². The Labute approximate surface area is 149 Å². The lowest BCUT2D eigenvalue weighted by atomic mass is 10.2. The Morgan fingerprint density at radius 3 is 2.72 bits per heavy atom. The Kier molecular flexibility index (Phi) is 5.00. The molecule has 0 radical (unpaired) electrons. The zero-order valence-electron chi connectivity index (χ0n) is 13.7. The van der Waals surface area contributed by atoms with E-state index in [-0.39, 0.29) is 17.9 Å². The summed E-state index contributed by atoms with van der Waals surface area (Å²) in [6.07, 6.45) is -0.0177. The number of nitrogens with one attached hydrogen (secondary N) is 1. The zero-order valence-corrected chi connectivity index (χ0v) is 14.4. The van der Waals surface area contributed by atoms with E-state index in [2.05, 4.69) is 15.5 Å². The Balaban J connectivity index is 1.79. The molecule has 1 N–H and O–H groups in total. The van der Waals surface area contributed by atoms with E-state index in [9.17, 15) is 4.79 Å². The maximum Gasteiger partial charge on any atom is 0.313 e. The van der Waals surface area contributed by atoms with E-state index in [1.807, 2.05) is 19.9 Å². The number of carbonyl (C=O) groups is 1. The molecule has 1 heterocycles. The normalized spacial score (nSPS) is 10.7. The fourth-order valence-electron chi connectivity index (χ4n) is 2.16. The number of nitrogens with zero attached hydrogens (tertiary/aromatic N) is 2. The molecule has 6 nitrogen and oxygen atoms in total. The minimum atomic E-state index is -0.513. The minimum absolute atomic E-state index is 0.0177. The summed E-state index contributed by atoms with van der Waals surface area (Å²) in [6, 6.07) is 14.1. The van der Waals surface area contributed by atoms with Gasteiger partial charge < -0.3 is 14.5 Å². The highest BCUT2D eigenvalue weighted by atomic mass is 35.5. The van der Waals surface area contributed by atoms with Crippen LogP contribution in [-0.2, 0) is 0 Å². The van der Waals surface area contributed by atoms with Crippen LogP contribution in [0.2, 0.25) is 5.02 Å². The maximum absolute atomic E-state index is 12.4. The van der Waals surface area contributed by atoms with Gasteiger partial charge in [-0.2, -0.15) is 0 Å². The predicted molar refractivity (Wildman–Crippen MR) is 94.9 cm³/mol. The van der Waals surface area contributed by atoms with Gasteiger partial charge in [0.2, 0.25) is 5.89 Å². The molecule has 2 aromatic carbocycles. The topological polar surface area (TPSA) is 77.2 Å². The molecule has 3 rings (SSSR count). The fourth-order valence-corrected chi connectivity index (χ4v) is 2.35. The number of carbonyl (C=O) groups excluding carboxylic acids is 1. The number of ether oxygens (including phenoxy) is 1. The van der Waals surface area contributed by atoms with E-state index in [4.69, 9.17) is 20.8 Å². The molecule has 0 aliphatic rings. The molecule has 0 unspecified atom stereocenters. The van der Waals surface area contributed by atoms with Crippen molar-refractivity contribution in [1.29, 1.82) is 0 Å². The van der Waals surface area contributed by atoms with Gasteiger partial charge in [0.25, 0.3) is 0 Å². The van der Waals surface area contributed by atoms with Crippen LogP contribution in [0.25, 0.3) is 11.5 Å². The number of rotatable bonds is 5. The van der Waals surface area contributed by atoms with Gasteiger partial charge in [0.15, 0.2) is 0 Å². The Hall–Kier alpha value is -2.86. The molecule has 3 aromatic rings. The van der Waals surface area contributed by atoms with Crippen LogP contribution in [0.1, 0.15) is 24.5 Å². The van der Waals surface area contributed by atoms with Crippen molar-refractivity contribution >= 4 is 23.2 Å². The van der Waals surface area contributed by atoms with Crippen molar-refractivity contribution in [2.24, 2.45) is 0 Å². The van der Waals surface area contributed by atoms with E-state index in [1.54, 1.807) is 42.5 Å². The van der Waals surface area contributed by atoms with Gasteiger partial charge in [0.1, 0.15) is 5.75 Å². The second-order valence-electron chi connectivity index (χ2n) is 5.54. The Bertz CT molecular complexity index is 893. The van der Waals surface area contributed by atoms with Crippen molar-refractivity contribution in [2.75, 3.05) is 5.32 Å². The van der Waals surface area contributed by atoms with Gasteiger partial charge in [-0.05, 0) is 44.2 Å². The van der Waals surface area contributed by atoms with Gasteiger partial charge in [-0.15, -0.1) is 10.2 Å². The second kappa shape index (κ2) is 7.36. The summed E-state index contributed by atoms with van der Waals surface area (Å²) in [4.78, 5) is 12.4. The molecular weight excluding hydrogens is 342 g/mol. The molecule has 0 aliphatic carbocycles. The quantitative estimate of drug-likeness (QED) is 0.730. The average Bonchev–Trinajstić information content (AvgIpc) is 3.06. The number of hydrogen-bond donors (Lipinski definition) is 1. The van der Waals surface area contributed by atoms with Gasteiger partial charge in [-0.25, -0.2) is 0 Å². The van der Waals surface area contributed by atoms with Gasteiger partial charge in [-0.3, -0.25) is 4.79 Å². The molecule has 1 aromatic heterocycles. The van der Waals surface area contributed by atoms with E-state index < -0.39 is 5.91 Å². The van der Waals surface area contributed by atoms with E-state index in [0.29, 0.717) is 22.0 Å². The number of anilines is 1. The third-order valence-electron chi connectivity index (χ3n) is 3.19. The van der Waals surface area contributed by atoms with E-state index in [0.717, 1.165) is 0 Å². The highest BCUT2D eigenvalue weighted by molar-refractivity contribution is 6.30. The molecule has 1 amide bonds. The molecule has 7 heteroatoms. The molecule has 25 heavy (non-hydrogen) atoms. The molecule has 0 saturated heterocycles. The van der Waals surface area contributed by atoms with Crippen molar-refractivity contribution in [2.45, 2.75) is 20.0 Å². The third-order valence-corrected chi connectivity index (χ3v) is 3.42. The van der Waals surface area contributed by atoms with Crippen LogP contribution < -0.4 is 10.1 Å². The fraction of sp³-hybridized carbons (Fsp3) is 0.167. The SMILES string of the molecule is CC(C)Oc1ccccc1NC(=O)c1nnc(-c2cccc(Cl)c2)o1. The molecule has 128 valence electrons. The number of para-hydroxylation sites is 2. The highest BCUT2D eigenvalue weighted by Crippen LogP contribution is 2.26. The van der Waals surface area contributed by atoms with Crippen LogP contribution in [0.4, 0.5) is 5.69 Å². The first-order valence-corrected chi connectivity index (χ1v) is 8.07. The number of hydrogen-bond acceptors (Lipinski definition) is 5. The summed E-state index contributed by atoms with van der Waals surface area (Å²) in [7, 11) is 0. The Morgan fingerprint density at radius 2 is 1.96 bits per heavy atom. The third kappa shape index (κ3) is 4.16. The first kappa shape index (κ1) is 17.0. The first-order valence-electron chi connectivity index (χ1n) is 7.69. The zero-order chi connectivity index (χ0) is 17.8. The molecule has 0 saturated carbocycles. The van der Waals surface area contributed by atoms with Gasteiger partial charge in [0.05, 0.1) is 11.8 Å². The standard InChI is InChI=1S/C18H16ClN3O3/c1-11(2)24-15-9-4-3-8-14(15)20-16(23)18-22-21-17(25-18)12-6-5-7-13(19)10-12/h3-11H,1-2H3,(H,20,23). The van der Waals surface area contributed by atoms with Crippen LogP contribution in [0.5, 0.6) is 5.75 Å². The van der Waals surface area contributed by atoms with Crippen LogP contribution in [-0.4, -0.2) is 22.2 Å². The second-order valence-corrected chi connectivity index (χ2v) is 5.98. The monoisotopic (exact) mass is 357 g/mol. The van der Waals surface area contributed by atoms with Crippen LogP contribution >= 0.6 is 11.6 Å². The average molecular weight is 358 g/mol. The smallest absolute Gasteiger partial charge is 0.313 e. The summed E-state index contributed by atoms with van der Waals surface area (Å²) in [5, 5.41) is 11.0. The minimum Gasteiger partial charge on any atom is -0.489 e. The molecule has 0 fully saturated rings. The van der Waals surface area contributed by atoms with Gasteiger partial charge in [0, 0.05) is 10.6 Å². The van der Waals surface area contributed by atoms with Crippen molar-refractivity contribution in [3.63, 3.8) is 0 Å². The lowest BCUT2D eigenvalue weighted by Gasteiger charge is -2.13. The lowest BCUT2D eigenvalue weighted by Crippen LogP contribution is -2.14. The van der Waals surface area contributed by atoms with Crippen LogP contribution in [0.15, 0.2) is 52.9 Å². The predicted octanol–water partition coefficient (Wildman–Crippen LogP) is 4.43. The maximum atomic E-state index is 12.4. The summed E-state index contributed by atoms with van der Waals surface area (Å²) >= 11 is 5.95. The summed E-state index contributed by atoms with van der Waals surface area (Å²) in [5.74, 6) is 0.134. The first-order chi connectivity index (χ1) is 12.0. The number of benzene rings is 2. The molecule has 0 aliphatic heterocycles. The Morgan fingerprint density at radius 1 is 1.16 bits per heavy atom. The molecule has 0 bridgehead atoms. The molecular formula is C18H16ClN3O3. The van der Waals surface area contributed by atoms with Crippen molar-refractivity contribution in [3.05, 3.63) is 59.4 Å². The van der Waals surface area contributed by atoms with E-state index in [1.165, 1.54) is 0 Å². The van der Waals surface area contributed by atoms with Crippen molar-refractivity contribution < 1.29 is 13.9 Å². The number of aromatic nitrogens is 2. The summed E-state index contributed by atoms with van der Waals surface area (Å²) in [6.45, 7) is 3.82. The summed E-state index contributed by atoms with van der Waals surface area (Å²) in [5.41, 5.74) is 1.17. The number of amides is 1. The van der Waals surface area contributed by atoms with Crippen LogP contribution in [0, 0.1) is 0 Å². The molecule has 0 atom stereocenters. The van der Waals surface area contributed by atoms with Gasteiger partial charge >= 0.3 is 11.8 Å². The van der Waals surface area contributed by atoms with Crippen molar-refractivity contribution in [3.8, 4) is 17.2 Å². The largest absolute Gasteiger partial charge is 0.489 e. The lowest BCUT2D eigenvalue weighted by molar-refractivity contribution is 0.0990. The number of halogens is 1. The van der Waals surface area contributed by atoms with Gasteiger partial charge in [-0.1, -0.05) is 29.8 Å². The van der Waals surface area contributed by atoms with Crippen LogP contribution in [0.3, 0.4) is 0 Å². The molecule has 0 spiro atoms. The summed E-state index contributed by atoms with van der Waals surface area (Å²) < 4.78 is 11.1. The van der Waals surface area contributed by atoms with Crippen molar-refractivity contribution in [1.82, 2.24) is 10.2 Å².